The van der Waals surface area contributed by atoms with Crippen molar-refractivity contribution in [3.05, 3.63) is 23.8 Å². The van der Waals surface area contributed by atoms with Gasteiger partial charge in [0.2, 0.25) is 0 Å². The van der Waals surface area contributed by atoms with Crippen LogP contribution < -0.4 is 5.32 Å². The number of benzene rings is 1. The van der Waals surface area contributed by atoms with Crippen molar-refractivity contribution in [3.63, 3.8) is 0 Å². The number of aryl methyl sites for hydroxylation is 1. The molecule has 2 aromatic rings. The molecule has 1 aromatic carbocycles. The van der Waals surface area contributed by atoms with E-state index in [1.807, 2.05) is 29.8 Å². The quantitative estimate of drug-likeness (QED) is 0.917. The molecule has 1 saturated carbocycles. The highest BCUT2D eigenvalue weighted by atomic mass is 16.1. The Morgan fingerprint density at radius 1 is 1.42 bits per heavy atom. The first kappa shape index (κ1) is 12.1. The lowest BCUT2D eigenvalue weighted by Crippen LogP contribution is -2.32. The van der Waals surface area contributed by atoms with Gasteiger partial charge in [0.15, 0.2) is 0 Å². The average Bonchev–Trinajstić information content (AvgIpc) is 3.06. The maximum atomic E-state index is 12.2. The summed E-state index contributed by atoms with van der Waals surface area (Å²) in [6.07, 6.45) is 4.63. The predicted octanol–water partition coefficient (Wildman–Crippen LogP) is 2.12. The lowest BCUT2D eigenvalue weighted by atomic mass is 10.1. The van der Waals surface area contributed by atoms with Crippen molar-refractivity contribution in [1.29, 1.82) is 0 Å². The number of carbonyl (C=O) groups is 1. The lowest BCUT2D eigenvalue weighted by Gasteiger charge is -2.11. The highest BCUT2D eigenvalue weighted by Gasteiger charge is 2.18. The summed E-state index contributed by atoms with van der Waals surface area (Å²) in [5.41, 5.74) is 2.42. The molecule has 0 saturated heterocycles. The number of fused-ring (bicyclic) bond motifs is 1. The van der Waals surface area contributed by atoms with Crippen molar-refractivity contribution >= 4 is 16.9 Å². The normalized spacial score (nSPS) is 16.1. The summed E-state index contributed by atoms with van der Waals surface area (Å²) in [4.78, 5) is 12.2. The SMILES string of the molecule is CCn1nnc2cc(C(=O)NC3CCCC3)ccc21. The van der Waals surface area contributed by atoms with Gasteiger partial charge < -0.3 is 5.32 Å². The molecule has 1 aliphatic rings. The number of carbonyl (C=O) groups excluding carboxylic acids is 1. The molecule has 1 heterocycles. The summed E-state index contributed by atoms with van der Waals surface area (Å²) < 4.78 is 1.83. The van der Waals surface area contributed by atoms with Crippen LogP contribution >= 0.6 is 0 Å². The van der Waals surface area contributed by atoms with E-state index < -0.39 is 0 Å². The molecule has 19 heavy (non-hydrogen) atoms. The van der Waals surface area contributed by atoms with Gasteiger partial charge in [-0.25, -0.2) is 4.68 Å². The van der Waals surface area contributed by atoms with Gasteiger partial charge in [-0.2, -0.15) is 0 Å². The van der Waals surface area contributed by atoms with Crippen molar-refractivity contribution < 1.29 is 4.79 Å². The zero-order valence-electron chi connectivity index (χ0n) is 11.1. The summed E-state index contributed by atoms with van der Waals surface area (Å²) >= 11 is 0. The molecule has 0 aliphatic heterocycles. The maximum Gasteiger partial charge on any atom is 0.251 e. The van der Waals surface area contributed by atoms with Crippen molar-refractivity contribution in [3.8, 4) is 0 Å². The predicted molar refractivity (Wildman–Crippen MR) is 72.9 cm³/mol. The van der Waals surface area contributed by atoms with Gasteiger partial charge >= 0.3 is 0 Å². The molecule has 1 amide bonds. The van der Waals surface area contributed by atoms with Gasteiger partial charge in [-0.1, -0.05) is 18.1 Å². The first-order valence-electron chi connectivity index (χ1n) is 6.92. The van der Waals surface area contributed by atoms with Crippen LogP contribution in [0.2, 0.25) is 0 Å². The van der Waals surface area contributed by atoms with Crippen molar-refractivity contribution in [2.45, 2.75) is 45.2 Å². The summed E-state index contributed by atoms with van der Waals surface area (Å²) in [7, 11) is 0. The van der Waals surface area contributed by atoms with Crippen LogP contribution in [-0.4, -0.2) is 26.9 Å². The van der Waals surface area contributed by atoms with Gasteiger partial charge in [-0.3, -0.25) is 4.79 Å². The van der Waals surface area contributed by atoms with Crippen LogP contribution in [0.4, 0.5) is 0 Å². The topological polar surface area (TPSA) is 59.8 Å². The highest BCUT2D eigenvalue weighted by molar-refractivity contribution is 5.97. The minimum Gasteiger partial charge on any atom is -0.349 e. The molecule has 0 spiro atoms. The zero-order valence-corrected chi connectivity index (χ0v) is 11.1. The van der Waals surface area contributed by atoms with Crippen LogP contribution in [0.3, 0.4) is 0 Å². The third kappa shape index (κ3) is 2.32. The first-order chi connectivity index (χ1) is 9.28. The zero-order chi connectivity index (χ0) is 13.2. The van der Waals surface area contributed by atoms with Crippen LogP contribution in [-0.2, 0) is 6.54 Å². The molecular weight excluding hydrogens is 240 g/mol. The van der Waals surface area contributed by atoms with Gasteiger partial charge in [0, 0.05) is 18.2 Å². The van der Waals surface area contributed by atoms with E-state index in [0.29, 0.717) is 11.6 Å². The minimum absolute atomic E-state index is 0.000140. The fraction of sp³-hybridized carbons (Fsp3) is 0.500. The molecule has 5 heteroatoms. The van der Waals surface area contributed by atoms with E-state index >= 15 is 0 Å². The van der Waals surface area contributed by atoms with Crippen LogP contribution in [0.1, 0.15) is 43.0 Å². The molecule has 100 valence electrons. The largest absolute Gasteiger partial charge is 0.349 e. The average molecular weight is 258 g/mol. The van der Waals surface area contributed by atoms with Gasteiger partial charge in [0.05, 0.1) is 5.52 Å². The molecular formula is C14H18N4O. The van der Waals surface area contributed by atoms with E-state index in [2.05, 4.69) is 15.6 Å². The summed E-state index contributed by atoms with van der Waals surface area (Å²) in [6.45, 7) is 2.80. The van der Waals surface area contributed by atoms with Gasteiger partial charge in [0.1, 0.15) is 5.52 Å². The van der Waals surface area contributed by atoms with E-state index in [1.165, 1.54) is 12.8 Å². The molecule has 0 unspecified atom stereocenters. The standard InChI is InChI=1S/C14H18N4O/c1-2-18-13-8-7-10(9-12(13)16-17-18)14(19)15-11-5-3-4-6-11/h7-9,11H,2-6H2,1H3,(H,15,19). The van der Waals surface area contributed by atoms with E-state index in [0.717, 1.165) is 30.4 Å². The number of nitrogens with zero attached hydrogens (tertiary/aromatic N) is 3. The Labute approximate surface area is 112 Å². The number of rotatable bonds is 3. The van der Waals surface area contributed by atoms with Crippen LogP contribution in [0.25, 0.3) is 11.0 Å². The Morgan fingerprint density at radius 3 is 2.95 bits per heavy atom. The molecule has 0 atom stereocenters. The number of nitrogens with one attached hydrogen (secondary N) is 1. The number of hydrogen-bond acceptors (Lipinski definition) is 3. The first-order valence-corrected chi connectivity index (χ1v) is 6.92. The molecule has 1 fully saturated rings. The number of hydrogen-bond donors (Lipinski definition) is 1. The number of amides is 1. The number of aromatic nitrogens is 3. The van der Waals surface area contributed by atoms with E-state index in [-0.39, 0.29) is 5.91 Å². The monoisotopic (exact) mass is 258 g/mol. The fourth-order valence-corrected chi connectivity index (χ4v) is 2.69. The van der Waals surface area contributed by atoms with Gasteiger partial charge in [0.25, 0.3) is 5.91 Å². The maximum absolute atomic E-state index is 12.2. The highest BCUT2D eigenvalue weighted by Crippen LogP contribution is 2.19. The second-order valence-electron chi connectivity index (χ2n) is 5.06. The van der Waals surface area contributed by atoms with Crippen molar-refractivity contribution in [2.75, 3.05) is 0 Å². The summed E-state index contributed by atoms with van der Waals surface area (Å²) in [6, 6.07) is 5.93. The van der Waals surface area contributed by atoms with E-state index in [4.69, 9.17) is 0 Å². The Morgan fingerprint density at radius 2 is 2.21 bits per heavy atom. The molecule has 0 bridgehead atoms. The molecule has 1 aromatic heterocycles. The van der Waals surface area contributed by atoms with Crippen molar-refractivity contribution in [2.24, 2.45) is 0 Å². The smallest absolute Gasteiger partial charge is 0.251 e. The lowest BCUT2D eigenvalue weighted by molar-refractivity contribution is 0.0938. The second kappa shape index (κ2) is 4.99. The van der Waals surface area contributed by atoms with Gasteiger partial charge in [-0.15, -0.1) is 5.10 Å². The summed E-state index contributed by atoms with van der Waals surface area (Å²) in [5, 5.41) is 11.2. The molecule has 1 aliphatic carbocycles. The molecule has 1 N–H and O–H groups in total. The third-order valence-electron chi connectivity index (χ3n) is 3.77. The van der Waals surface area contributed by atoms with Crippen LogP contribution in [0, 0.1) is 0 Å². The fourth-order valence-electron chi connectivity index (χ4n) is 2.69. The van der Waals surface area contributed by atoms with E-state index in [1.54, 1.807) is 0 Å². The third-order valence-corrected chi connectivity index (χ3v) is 3.77. The van der Waals surface area contributed by atoms with Crippen LogP contribution in [0.5, 0.6) is 0 Å². The Balaban J connectivity index is 1.82. The van der Waals surface area contributed by atoms with Gasteiger partial charge in [-0.05, 0) is 38.0 Å². The Hall–Kier alpha value is -1.91. The Kier molecular flexibility index (Phi) is 3.19. The Bertz CT molecular complexity index is 599. The van der Waals surface area contributed by atoms with E-state index in [9.17, 15) is 4.79 Å². The molecule has 5 nitrogen and oxygen atoms in total. The summed E-state index contributed by atoms with van der Waals surface area (Å²) in [5.74, 6) is -0.000140. The van der Waals surface area contributed by atoms with Crippen molar-refractivity contribution in [1.82, 2.24) is 20.3 Å². The van der Waals surface area contributed by atoms with Crippen LogP contribution in [0.15, 0.2) is 18.2 Å². The molecule has 0 radical (unpaired) electrons. The second-order valence-corrected chi connectivity index (χ2v) is 5.06. The minimum atomic E-state index is -0.000140. The molecule has 3 rings (SSSR count).